The van der Waals surface area contributed by atoms with Crippen molar-refractivity contribution in [3.05, 3.63) is 65.7 Å². The molecule has 5 nitrogen and oxygen atoms in total. The topological polar surface area (TPSA) is 75.7 Å². The molecule has 2 aromatic rings. The molecule has 0 aliphatic heterocycles. The van der Waals surface area contributed by atoms with Crippen LogP contribution in [0.15, 0.2) is 54.6 Å². The van der Waals surface area contributed by atoms with Crippen molar-refractivity contribution in [2.24, 2.45) is 0 Å². The second-order valence-corrected chi connectivity index (χ2v) is 5.70. The van der Waals surface area contributed by atoms with Crippen LogP contribution in [-0.2, 0) is 4.79 Å². The number of halogens is 3. The highest BCUT2D eigenvalue weighted by Gasteiger charge is 2.26. The second-order valence-electron chi connectivity index (χ2n) is 5.70. The van der Waals surface area contributed by atoms with E-state index in [0.717, 1.165) is 6.08 Å². The molecule has 0 saturated heterocycles. The third kappa shape index (κ3) is 7.53. The Kier molecular flexibility index (Phi) is 7.20. The fourth-order valence-electron chi connectivity index (χ4n) is 2.13. The minimum Gasteiger partial charge on any atom is -0.545 e. The molecule has 0 aliphatic carbocycles. The van der Waals surface area contributed by atoms with Gasteiger partial charge >= 0.3 is 12.1 Å². The first-order valence-corrected chi connectivity index (χ1v) is 8.24. The van der Waals surface area contributed by atoms with Gasteiger partial charge in [-0.3, -0.25) is 0 Å². The van der Waals surface area contributed by atoms with Crippen LogP contribution in [-0.4, -0.2) is 24.7 Å². The average molecular weight is 393 g/mol. The number of carbonyl (C=O) groups is 2. The van der Waals surface area contributed by atoms with E-state index in [0.29, 0.717) is 11.3 Å². The number of carbonyl (C=O) groups excluding carboxylic acids is 2. The summed E-state index contributed by atoms with van der Waals surface area (Å²) in [6.45, 7) is -0.0813. The monoisotopic (exact) mass is 393 g/mol. The molecule has 8 heteroatoms. The Bertz CT molecular complexity index is 824. The number of carboxylic acids is 1. The lowest BCUT2D eigenvalue weighted by Crippen LogP contribution is -2.18. The predicted octanol–water partition coefficient (Wildman–Crippen LogP) is 3.39. The molecule has 0 amide bonds. The Morgan fingerprint density at radius 3 is 2.14 bits per heavy atom. The summed E-state index contributed by atoms with van der Waals surface area (Å²) in [6, 6.07) is 12.0. The van der Waals surface area contributed by atoms with Gasteiger partial charge < -0.3 is 19.4 Å². The summed E-state index contributed by atoms with van der Waals surface area (Å²) in [5.74, 6) is -1.32. The van der Waals surface area contributed by atoms with Crippen molar-refractivity contribution in [1.29, 1.82) is 0 Å². The summed E-state index contributed by atoms with van der Waals surface area (Å²) in [4.78, 5) is 22.5. The number of carboxylic acid groups (broad SMARTS) is 1. The number of hydrogen-bond donors (Lipinski definition) is 0. The van der Waals surface area contributed by atoms with Crippen LogP contribution in [0.1, 0.15) is 28.8 Å². The highest BCUT2D eigenvalue weighted by Crippen LogP contribution is 2.22. The van der Waals surface area contributed by atoms with Gasteiger partial charge in [0.05, 0.1) is 18.1 Å². The van der Waals surface area contributed by atoms with Gasteiger partial charge in [-0.25, -0.2) is 4.79 Å². The molecule has 0 spiro atoms. The molecule has 148 valence electrons. The van der Waals surface area contributed by atoms with Crippen LogP contribution in [0, 0.1) is 0 Å². The lowest BCUT2D eigenvalue weighted by molar-refractivity contribution is -0.297. The minimum absolute atomic E-state index is 0.0813. The highest BCUT2D eigenvalue weighted by atomic mass is 19.4. The van der Waals surface area contributed by atoms with Crippen molar-refractivity contribution in [1.82, 2.24) is 0 Å². The molecule has 0 radical (unpaired) electrons. The molecule has 0 saturated carbocycles. The van der Waals surface area contributed by atoms with Gasteiger partial charge in [0.25, 0.3) is 0 Å². The van der Waals surface area contributed by atoms with E-state index in [-0.39, 0.29) is 24.3 Å². The first-order chi connectivity index (χ1) is 13.2. The van der Waals surface area contributed by atoms with Crippen molar-refractivity contribution in [3.8, 4) is 11.5 Å². The lowest BCUT2D eigenvalue weighted by Gasteiger charge is -2.09. The van der Waals surface area contributed by atoms with Gasteiger partial charge in [-0.1, -0.05) is 18.2 Å². The second kappa shape index (κ2) is 9.59. The molecule has 2 rings (SSSR count). The molecular weight excluding hydrogens is 377 g/mol. The molecule has 0 fully saturated rings. The van der Waals surface area contributed by atoms with Crippen LogP contribution in [0.4, 0.5) is 13.2 Å². The Morgan fingerprint density at radius 1 is 0.964 bits per heavy atom. The highest BCUT2D eigenvalue weighted by molar-refractivity contribution is 5.91. The molecule has 0 atom stereocenters. The number of rotatable bonds is 8. The number of esters is 1. The van der Waals surface area contributed by atoms with E-state index in [1.807, 2.05) is 0 Å². The van der Waals surface area contributed by atoms with Gasteiger partial charge in [0, 0.05) is 6.42 Å². The summed E-state index contributed by atoms with van der Waals surface area (Å²) < 4.78 is 46.6. The van der Waals surface area contributed by atoms with E-state index in [4.69, 9.17) is 9.47 Å². The van der Waals surface area contributed by atoms with E-state index >= 15 is 0 Å². The molecule has 0 unspecified atom stereocenters. The Balaban J connectivity index is 1.86. The smallest absolute Gasteiger partial charge is 0.389 e. The maximum Gasteiger partial charge on any atom is 0.389 e. The van der Waals surface area contributed by atoms with E-state index in [2.05, 4.69) is 0 Å². The molecule has 0 N–H and O–H groups in total. The van der Waals surface area contributed by atoms with Crippen molar-refractivity contribution in [3.63, 3.8) is 0 Å². The summed E-state index contributed by atoms with van der Waals surface area (Å²) in [5, 5.41) is 10.4. The summed E-state index contributed by atoms with van der Waals surface area (Å²) in [5.41, 5.74) is 0.833. The molecular formula is C20H16F3O5-. The first-order valence-electron chi connectivity index (χ1n) is 8.24. The standard InChI is InChI=1S/C20H17F3O5/c21-20(22,23)12-1-13-27-16-9-5-15(6-10-16)19(26)28-17-7-2-14(3-8-17)4-11-18(24)25/h2-11H,1,12-13H2,(H,24,25)/p-1/b11-4+. The quantitative estimate of drug-likeness (QED) is 0.297. The van der Waals surface area contributed by atoms with E-state index in [9.17, 15) is 27.9 Å². The van der Waals surface area contributed by atoms with Gasteiger partial charge in [-0.05, 0) is 54.5 Å². The predicted molar refractivity (Wildman–Crippen MR) is 92.7 cm³/mol. The summed E-state index contributed by atoms with van der Waals surface area (Å²) in [7, 11) is 0. The largest absolute Gasteiger partial charge is 0.545 e. The van der Waals surface area contributed by atoms with Crippen LogP contribution in [0.25, 0.3) is 6.08 Å². The number of benzene rings is 2. The molecule has 2 aromatic carbocycles. The number of aliphatic carboxylic acids is 1. The molecule has 0 aliphatic rings. The van der Waals surface area contributed by atoms with Gasteiger partial charge in [-0.2, -0.15) is 13.2 Å². The van der Waals surface area contributed by atoms with Crippen LogP contribution in [0.2, 0.25) is 0 Å². The summed E-state index contributed by atoms with van der Waals surface area (Å²) in [6.07, 6.45) is -3.05. The van der Waals surface area contributed by atoms with Crippen LogP contribution in [0.5, 0.6) is 11.5 Å². The van der Waals surface area contributed by atoms with E-state index in [1.165, 1.54) is 42.5 Å². The normalized spacial score (nSPS) is 11.4. The minimum atomic E-state index is -4.21. The first kappa shape index (κ1) is 21.0. The van der Waals surface area contributed by atoms with Crippen molar-refractivity contribution in [2.45, 2.75) is 19.0 Å². The Labute approximate surface area is 159 Å². The maximum atomic E-state index is 12.1. The van der Waals surface area contributed by atoms with E-state index < -0.39 is 24.5 Å². The zero-order chi connectivity index (χ0) is 20.6. The SMILES string of the molecule is O=C([O-])/C=C/c1ccc(OC(=O)c2ccc(OCCCC(F)(F)F)cc2)cc1. The zero-order valence-corrected chi connectivity index (χ0v) is 14.6. The van der Waals surface area contributed by atoms with Crippen molar-refractivity contribution in [2.75, 3.05) is 6.61 Å². The van der Waals surface area contributed by atoms with Gasteiger partial charge in [0.2, 0.25) is 0 Å². The number of ether oxygens (including phenoxy) is 2. The maximum absolute atomic E-state index is 12.1. The fraction of sp³-hybridized carbons (Fsp3) is 0.200. The summed E-state index contributed by atoms with van der Waals surface area (Å²) >= 11 is 0. The third-order valence-electron chi connectivity index (χ3n) is 3.47. The van der Waals surface area contributed by atoms with Crippen LogP contribution < -0.4 is 14.6 Å². The Hall–Kier alpha value is -3.29. The van der Waals surface area contributed by atoms with Crippen LogP contribution in [0.3, 0.4) is 0 Å². The third-order valence-corrected chi connectivity index (χ3v) is 3.47. The average Bonchev–Trinajstić information content (AvgIpc) is 2.64. The molecule has 28 heavy (non-hydrogen) atoms. The van der Waals surface area contributed by atoms with Crippen molar-refractivity contribution >= 4 is 18.0 Å². The zero-order valence-electron chi connectivity index (χ0n) is 14.6. The van der Waals surface area contributed by atoms with Crippen LogP contribution >= 0.6 is 0 Å². The van der Waals surface area contributed by atoms with Gasteiger partial charge in [0.1, 0.15) is 11.5 Å². The number of hydrogen-bond acceptors (Lipinski definition) is 5. The van der Waals surface area contributed by atoms with Gasteiger partial charge in [-0.15, -0.1) is 0 Å². The molecule has 0 aromatic heterocycles. The molecule has 0 heterocycles. The van der Waals surface area contributed by atoms with Gasteiger partial charge in [0.15, 0.2) is 0 Å². The van der Waals surface area contributed by atoms with Crippen molar-refractivity contribution < 1.29 is 37.3 Å². The fourth-order valence-corrected chi connectivity index (χ4v) is 2.13. The van der Waals surface area contributed by atoms with E-state index in [1.54, 1.807) is 12.1 Å². The lowest BCUT2D eigenvalue weighted by atomic mass is 10.2. The number of alkyl halides is 3. The Morgan fingerprint density at radius 2 is 1.57 bits per heavy atom. The molecule has 0 bridgehead atoms.